The monoisotopic (exact) mass is 614 g/mol. The van der Waals surface area contributed by atoms with E-state index in [0.717, 1.165) is 37.3 Å². The molecule has 4 aromatic rings. The fourth-order valence-corrected chi connectivity index (χ4v) is 6.59. The number of hydrogen-bond acceptors (Lipinski definition) is 9. The molecule has 45 heavy (non-hydrogen) atoms. The summed E-state index contributed by atoms with van der Waals surface area (Å²) in [4.78, 5) is 40.8. The fourth-order valence-electron chi connectivity index (χ4n) is 6.59. The van der Waals surface area contributed by atoms with Gasteiger partial charge in [0, 0.05) is 48.4 Å². The van der Waals surface area contributed by atoms with Gasteiger partial charge in [0.1, 0.15) is 23.8 Å². The van der Waals surface area contributed by atoms with Gasteiger partial charge in [0.25, 0.3) is 0 Å². The van der Waals surface area contributed by atoms with E-state index in [1.54, 1.807) is 30.0 Å². The number of methoxy groups -OCH3 is 1. The smallest absolute Gasteiger partial charge is 0.341 e. The number of carboxylic acid groups (broad SMARTS) is 1. The third-order valence-corrected chi connectivity index (χ3v) is 9.37. The van der Waals surface area contributed by atoms with Crippen molar-refractivity contribution in [2.24, 2.45) is 5.92 Å². The topological polar surface area (TPSA) is 113 Å². The summed E-state index contributed by atoms with van der Waals surface area (Å²) in [7, 11) is 5.65. The molecular weight excluding hydrogens is 579 g/mol. The van der Waals surface area contributed by atoms with Crippen LogP contribution in [0.1, 0.15) is 28.8 Å². The second kappa shape index (κ2) is 11.0. The van der Waals surface area contributed by atoms with Gasteiger partial charge in [-0.05, 0) is 70.1 Å². The molecule has 3 fully saturated rings. The molecule has 1 N–H and O–H groups in total. The summed E-state index contributed by atoms with van der Waals surface area (Å²) in [6.45, 7) is 3.93. The van der Waals surface area contributed by atoms with Crippen molar-refractivity contribution in [1.82, 2.24) is 19.4 Å². The Labute approximate surface area is 259 Å². The number of pyridine rings is 3. The number of fused-ring (bicyclic) bond motifs is 2. The molecule has 7 rings (SSSR count). The molecule has 3 atom stereocenters. The van der Waals surface area contributed by atoms with E-state index < -0.39 is 22.8 Å². The lowest BCUT2D eigenvalue weighted by Crippen LogP contribution is -2.57. The zero-order valence-corrected chi connectivity index (χ0v) is 25.6. The SMILES string of the molecule is COc1ccc(C)c(OC[C@H]2C[C@H]3C[C@H]3N2c2cc3c(cc2F)c(=O)c(C(=O)O)cn3-c2ccc(N3CC(N(C)C)C3)nc2)n1. The summed E-state index contributed by atoms with van der Waals surface area (Å²) in [5.74, 6) is 0.201. The maximum Gasteiger partial charge on any atom is 0.341 e. The van der Waals surface area contributed by atoms with Gasteiger partial charge in [-0.25, -0.2) is 14.2 Å². The molecule has 1 aliphatic carbocycles. The number of ether oxygens (including phenoxy) is 2. The first kappa shape index (κ1) is 29.0. The van der Waals surface area contributed by atoms with E-state index >= 15 is 4.39 Å². The number of anilines is 2. The summed E-state index contributed by atoms with van der Waals surface area (Å²) < 4.78 is 29.0. The number of carbonyl (C=O) groups is 1. The van der Waals surface area contributed by atoms with Crippen LogP contribution in [0.5, 0.6) is 11.8 Å². The molecule has 2 saturated heterocycles. The minimum absolute atomic E-state index is 0.00709. The van der Waals surface area contributed by atoms with Gasteiger partial charge in [-0.1, -0.05) is 0 Å². The van der Waals surface area contributed by atoms with Crippen LogP contribution < -0.4 is 24.7 Å². The summed E-state index contributed by atoms with van der Waals surface area (Å²) in [6.07, 6.45) is 4.75. The molecule has 0 amide bonds. The number of benzene rings is 1. The van der Waals surface area contributed by atoms with E-state index in [1.165, 1.54) is 12.3 Å². The lowest BCUT2D eigenvalue weighted by molar-refractivity contribution is 0.0695. The molecule has 12 heteroatoms. The van der Waals surface area contributed by atoms with Crippen molar-refractivity contribution < 1.29 is 23.8 Å². The quantitative estimate of drug-likeness (QED) is 0.299. The van der Waals surface area contributed by atoms with Crippen molar-refractivity contribution in [3.05, 3.63) is 76.0 Å². The predicted octanol–water partition coefficient (Wildman–Crippen LogP) is 3.73. The first-order valence-electron chi connectivity index (χ1n) is 15.1. The summed E-state index contributed by atoms with van der Waals surface area (Å²) in [6, 6.07) is 10.7. The Balaban J connectivity index is 1.25. The minimum Gasteiger partial charge on any atom is -0.481 e. The molecular formula is C33H35FN6O5. The van der Waals surface area contributed by atoms with Crippen molar-refractivity contribution in [3.63, 3.8) is 0 Å². The number of nitrogens with zero attached hydrogens (tertiary/aromatic N) is 6. The molecule has 3 aliphatic rings. The number of aromatic carboxylic acids is 1. The van der Waals surface area contributed by atoms with Crippen LogP contribution >= 0.6 is 0 Å². The Morgan fingerprint density at radius 3 is 2.64 bits per heavy atom. The molecule has 1 aromatic carbocycles. The molecule has 0 unspecified atom stereocenters. The number of piperidine rings is 1. The number of rotatable bonds is 9. The summed E-state index contributed by atoms with van der Waals surface area (Å²) >= 11 is 0. The number of hydrogen-bond donors (Lipinski definition) is 1. The average molecular weight is 615 g/mol. The Kier molecular flexibility index (Phi) is 7.11. The maximum absolute atomic E-state index is 16.0. The molecule has 1 saturated carbocycles. The van der Waals surface area contributed by atoms with Gasteiger partial charge in [-0.2, -0.15) is 4.98 Å². The second-order valence-corrected chi connectivity index (χ2v) is 12.4. The Morgan fingerprint density at radius 2 is 1.96 bits per heavy atom. The largest absolute Gasteiger partial charge is 0.481 e. The van der Waals surface area contributed by atoms with Crippen molar-refractivity contribution in [2.75, 3.05) is 50.7 Å². The third kappa shape index (κ3) is 5.12. The van der Waals surface area contributed by atoms with Gasteiger partial charge in [0.05, 0.1) is 36.2 Å². The summed E-state index contributed by atoms with van der Waals surface area (Å²) in [5, 5.41) is 9.82. The van der Waals surface area contributed by atoms with Crippen molar-refractivity contribution in [3.8, 4) is 17.4 Å². The number of likely N-dealkylation sites (N-methyl/N-ethyl adjacent to an activating group) is 1. The van der Waals surface area contributed by atoms with Gasteiger partial charge in [-0.15, -0.1) is 0 Å². The van der Waals surface area contributed by atoms with Crippen LogP contribution in [0.2, 0.25) is 0 Å². The average Bonchev–Trinajstić information content (AvgIpc) is 3.66. The van der Waals surface area contributed by atoms with Crippen LogP contribution in [-0.2, 0) is 0 Å². The lowest BCUT2D eigenvalue weighted by Gasteiger charge is -2.43. The van der Waals surface area contributed by atoms with Crippen LogP contribution in [0.3, 0.4) is 0 Å². The number of carboxylic acids is 1. The molecule has 5 heterocycles. The van der Waals surface area contributed by atoms with Gasteiger partial charge in [0.15, 0.2) is 0 Å². The lowest BCUT2D eigenvalue weighted by atomic mass is 10.1. The number of aryl methyl sites for hydroxylation is 1. The molecule has 2 aliphatic heterocycles. The highest BCUT2D eigenvalue weighted by Crippen LogP contribution is 2.50. The van der Waals surface area contributed by atoms with E-state index in [4.69, 9.17) is 9.47 Å². The third-order valence-electron chi connectivity index (χ3n) is 9.37. The molecule has 0 radical (unpaired) electrons. The first-order chi connectivity index (χ1) is 21.6. The Bertz CT molecular complexity index is 1860. The highest BCUT2D eigenvalue weighted by Gasteiger charge is 2.53. The number of halogens is 1. The van der Waals surface area contributed by atoms with Crippen LogP contribution in [0.4, 0.5) is 15.9 Å². The highest BCUT2D eigenvalue weighted by molar-refractivity contribution is 5.94. The normalized spacial score (nSPS) is 20.8. The molecule has 0 bridgehead atoms. The zero-order valence-electron chi connectivity index (χ0n) is 25.6. The van der Waals surface area contributed by atoms with Crippen LogP contribution in [-0.4, -0.2) is 89.5 Å². The standard InChI is InChI=1S/C33H35FN6O5/c1-18-5-8-30(44-4)36-32(18)45-17-21-9-19-10-26(19)40(21)28-12-27-23(11-25(28)34)31(41)24(33(42)43)16-39(27)20-6-7-29(35-13-20)38-14-22(15-38)37(2)3/h5-8,11-13,16,19,21-22,26H,9-10,14-15,17H2,1-4H3,(H,42,43)/t19-,21+,26+/m0/s1. The highest BCUT2D eigenvalue weighted by atomic mass is 19.1. The van der Waals surface area contributed by atoms with E-state index in [0.29, 0.717) is 47.2 Å². The molecule has 234 valence electrons. The van der Waals surface area contributed by atoms with Gasteiger partial charge >= 0.3 is 5.97 Å². The molecule has 3 aromatic heterocycles. The van der Waals surface area contributed by atoms with Crippen molar-refractivity contribution >= 4 is 28.4 Å². The van der Waals surface area contributed by atoms with Gasteiger partial charge in [-0.3, -0.25) is 4.79 Å². The van der Waals surface area contributed by atoms with Crippen LogP contribution in [0, 0.1) is 18.7 Å². The second-order valence-electron chi connectivity index (χ2n) is 12.4. The van der Waals surface area contributed by atoms with E-state index in [2.05, 4.69) is 38.8 Å². The number of aromatic nitrogens is 3. The molecule has 0 spiro atoms. The van der Waals surface area contributed by atoms with Gasteiger partial charge < -0.3 is 33.8 Å². The van der Waals surface area contributed by atoms with Crippen LogP contribution in [0.25, 0.3) is 16.6 Å². The van der Waals surface area contributed by atoms with Crippen LogP contribution in [0.15, 0.2) is 53.6 Å². The maximum atomic E-state index is 16.0. The van der Waals surface area contributed by atoms with Gasteiger partial charge in [0.2, 0.25) is 17.2 Å². The minimum atomic E-state index is -1.38. The zero-order chi connectivity index (χ0) is 31.6. The Hall–Kier alpha value is -4.71. The van der Waals surface area contributed by atoms with E-state index in [-0.39, 0.29) is 17.5 Å². The predicted molar refractivity (Wildman–Crippen MR) is 168 cm³/mol. The van der Waals surface area contributed by atoms with Crippen molar-refractivity contribution in [1.29, 1.82) is 0 Å². The fraction of sp³-hybridized carbons (Fsp3) is 0.394. The van der Waals surface area contributed by atoms with E-state index in [9.17, 15) is 14.7 Å². The first-order valence-corrected chi connectivity index (χ1v) is 15.1. The summed E-state index contributed by atoms with van der Waals surface area (Å²) in [5.41, 5.74) is 1.02. The Morgan fingerprint density at radius 1 is 1.16 bits per heavy atom. The van der Waals surface area contributed by atoms with E-state index in [1.807, 2.05) is 25.1 Å². The molecule has 11 nitrogen and oxygen atoms in total. The van der Waals surface area contributed by atoms with Crippen molar-refractivity contribution in [2.45, 2.75) is 37.9 Å².